The summed E-state index contributed by atoms with van der Waals surface area (Å²) in [6.07, 6.45) is -4.58. The van der Waals surface area contributed by atoms with Crippen LogP contribution >= 0.6 is 0 Å². The lowest BCUT2D eigenvalue weighted by atomic mass is 9.95. The molecule has 0 aliphatic carbocycles. The third-order valence-corrected chi connectivity index (χ3v) is 3.44. The molecule has 0 saturated heterocycles. The average Bonchev–Trinajstić information content (AvgIpc) is 2.62. The quantitative estimate of drug-likeness (QED) is 0.329. The Hall–Kier alpha value is -2.96. The summed E-state index contributed by atoms with van der Waals surface area (Å²) >= 11 is 0. The molecule has 2 aromatic carbocycles. The minimum Gasteiger partial charge on any atom is -0.461 e. The first-order valence-electron chi connectivity index (χ1n) is 7.60. The van der Waals surface area contributed by atoms with Crippen molar-refractivity contribution < 1.29 is 31.9 Å². The Morgan fingerprint density at radius 3 is 2.00 bits per heavy atom. The Kier molecular flexibility index (Phi) is 5.92. The number of benzene rings is 2. The van der Waals surface area contributed by atoms with E-state index in [0.717, 1.165) is 12.1 Å². The largest absolute Gasteiger partial charge is 0.461 e. The van der Waals surface area contributed by atoms with Gasteiger partial charge in [-0.2, -0.15) is 17.6 Å². The molecular weight excluding hydrogens is 352 g/mol. The van der Waals surface area contributed by atoms with Crippen molar-refractivity contribution >= 4 is 17.3 Å². The lowest BCUT2D eigenvalue weighted by Gasteiger charge is -2.11. The number of carbonyl (C=O) groups excluding carboxylic acids is 2. The number of rotatable bonds is 5. The van der Waals surface area contributed by atoms with Gasteiger partial charge in [-0.15, -0.1) is 0 Å². The van der Waals surface area contributed by atoms with E-state index < -0.39 is 34.9 Å². The molecule has 0 aliphatic heterocycles. The number of hydrogen-bond donors (Lipinski definition) is 0. The van der Waals surface area contributed by atoms with E-state index >= 15 is 0 Å². The number of hydrogen-bond acceptors (Lipinski definition) is 3. The van der Waals surface area contributed by atoms with Crippen LogP contribution in [0.25, 0.3) is 5.57 Å². The van der Waals surface area contributed by atoms with Crippen molar-refractivity contribution in [1.29, 1.82) is 0 Å². The second-order valence-electron chi connectivity index (χ2n) is 5.18. The molecule has 0 aliphatic rings. The third kappa shape index (κ3) is 4.36. The molecule has 0 spiro atoms. The van der Waals surface area contributed by atoms with Gasteiger partial charge in [0.15, 0.2) is 5.78 Å². The van der Waals surface area contributed by atoms with Crippen LogP contribution in [0.1, 0.15) is 28.4 Å². The number of ether oxygens (including phenoxy) is 1. The highest BCUT2D eigenvalue weighted by atomic mass is 19.4. The predicted octanol–water partition coefficient (Wildman–Crippen LogP) is 4.83. The van der Waals surface area contributed by atoms with Crippen LogP contribution in [0.15, 0.2) is 60.4 Å². The molecule has 0 atom stereocenters. The van der Waals surface area contributed by atoms with Crippen molar-refractivity contribution in [3.8, 4) is 0 Å². The highest BCUT2D eigenvalue weighted by molar-refractivity contribution is 6.32. The van der Waals surface area contributed by atoms with Gasteiger partial charge < -0.3 is 4.74 Å². The van der Waals surface area contributed by atoms with Crippen molar-refractivity contribution in [3.05, 3.63) is 77.1 Å². The fourth-order valence-corrected chi connectivity index (χ4v) is 2.21. The third-order valence-electron chi connectivity index (χ3n) is 3.44. The fraction of sp³-hybridized carbons (Fsp3) is 0.158. The molecule has 0 unspecified atom stereocenters. The molecule has 0 fully saturated rings. The number of allylic oxidation sites excluding steroid dienone is 1. The average molecular weight is 366 g/mol. The minimum atomic E-state index is -4.58. The highest BCUT2D eigenvalue weighted by Crippen LogP contribution is 2.32. The summed E-state index contributed by atoms with van der Waals surface area (Å²) in [5, 5.41) is 0. The number of esters is 1. The summed E-state index contributed by atoms with van der Waals surface area (Å²) in [5.74, 6) is -3.65. The zero-order valence-electron chi connectivity index (χ0n) is 13.6. The topological polar surface area (TPSA) is 43.4 Å². The second-order valence-corrected chi connectivity index (χ2v) is 5.18. The maximum atomic E-state index is 14.6. The maximum Gasteiger partial charge on any atom is 0.416 e. The number of halogens is 4. The maximum absolute atomic E-state index is 14.6. The predicted molar refractivity (Wildman–Crippen MR) is 86.9 cm³/mol. The van der Waals surface area contributed by atoms with Crippen molar-refractivity contribution in [2.75, 3.05) is 6.61 Å². The van der Waals surface area contributed by atoms with Crippen molar-refractivity contribution in [1.82, 2.24) is 0 Å². The van der Waals surface area contributed by atoms with Crippen molar-refractivity contribution in [2.24, 2.45) is 0 Å². The van der Waals surface area contributed by atoms with Gasteiger partial charge in [0.1, 0.15) is 0 Å². The van der Waals surface area contributed by atoms with Crippen molar-refractivity contribution in [3.63, 3.8) is 0 Å². The van der Waals surface area contributed by atoms with Crippen LogP contribution in [0.5, 0.6) is 0 Å². The van der Waals surface area contributed by atoms with Crippen LogP contribution in [0, 0.1) is 0 Å². The van der Waals surface area contributed by atoms with E-state index in [1.54, 1.807) is 18.2 Å². The molecule has 0 N–H and O–H groups in total. The fourth-order valence-electron chi connectivity index (χ4n) is 2.21. The zero-order valence-corrected chi connectivity index (χ0v) is 13.6. The normalized spacial score (nSPS) is 12.3. The van der Waals surface area contributed by atoms with E-state index in [9.17, 15) is 27.2 Å². The van der Waals surface area contributed by atoms with E-state index in [0.29, 0.717) is 12.1 Å². The minimum absolute atomic E-state index is 0.0850. The van der Waals surface area contributed by atoms with E-state index in [4.69, 9.17) is 0 Å². The van der Waals surface area contributed by atoms with Gasteiger partial charge in [0, 0.05) is 5.56 Å². The Labute approximate surface area is 146 Å². The summed E-state index contributed by atoms with van der Waals surface area (Å²) in [6, 6.07) is 10.9. The summed E-state index contributed by atoms with van der Waals surface area (Å²) in [6.45, 7) is 1.34. The molecule has 0 saturated carbocycles. The van der Waals surface area contributed by atoms with Crippen molar-refractivity contribution in [2.45, 2.75) is 13.1 Å². The van der Waals surface area contributed by atoms with Gasteiger partial charge >= 0.3 is 12.1 Å². The molecule has 2 aromatic rings. The van der Waals surface area contributed by atoms with Crippen LogP contribution in [0.2, 0.25) is 0 Å². The summed E-state index contributed by atoms with van der Waals surface area (Å²) in [4.78, 5) is 24.4. The Balaban J connectivity index is 2.56. The molecule has 2 rings (SSSR count). The van der Waals surface area contributed by atoms with E-state index in [1.165, 1.54) is 19.1 Å². The molecular formula is C19H14F4O3. The number of ketones is 1. The van der Waals surface area contributed by atoms with Crippen LogP contribution in [-0.2, 0) is 15.7 Å². The Morgan fingerprint density at radius 1 is 0.923 bits per heavy atom. The van der Waals surface area contributed by atoms with Gasteiger partial charge in [0.25, 0.3) is 0 Å². The van der Waals surface area contributed by atoms with E-state index in [-0.39, 0.29) is 17.7 Å². The second kappa shape index (κ2) is 7.95. The smallest absolute Gasteiger partial charge is 0.416 e. The summed E-state index contributed by atoms with van der Waals surface area (Å²) < 4.78 is 57.2. The summed E-state index contributed by atoms with van der Waals surface area (Å²) in [5.41, 5.74) is -1.67. The molecule has 136 valence electrons. The molecule has 0 radical (unpaired) electrons. The molecule has 0 heterocycles. The van der Waals surface area contributed by atoms with Gasteiger partial charge in [-0.25, -0.2) is 4.79 Å². The van der Waals surface area contributed by atoms with Crippen LogP contribution < -0.4 is 0 Å². The van der Waals surface area contributed by atoms with Crippen LogP contribution in [0.3, 0.4) is 0 Å². The lowest BCUT2D eigenvalue weighted by Crippen LogP contribution is -2.12. The van der Waals surface area contributed by atoms with E-state index in [1.807, 2.05) is 0 Å². The van der Waals surface area contributed by atoms with Gasteiger partial charge in [-0.3, -0.25) is 4.79 Å². The van der Waals surface area contributed by atoms with Crippen LogP contribution in [-0.4, -0.2) is 18.4 Å². The van der Waals surface area contributed by atoms with Gasteiger partial charge in [-0.05, 0) is 24.6 Å². The van der Waals surface area contributed by atoms with Crippen LogP contribution in [0.4, 0.5) is 17.6 Å². The van der Waals surface area contributed by atoms with E-state index in [2.05, 4.69) is 4.74 Å². The Morgan fingerprint density at radius 2 is 1.50 bits per heavy atom. The molecule has 0 bridgehead atoms. The lowest BCUT2D eigenvalue weighted by molar-refractivity contribution is -0.140. The molecule has 26 heavy (non-hydrogen) atoms. The first-order chi connectivity index (χ1) is 12.3. The number of alkyl halides is 3. The summed E-state index contributed by atoms with van der Waals surface area (Å²) in [7, 11) is 0. The highest BCUT2D eigenvalue weighted by Gasteiger charge is 2.31. The number of carbonyl (C=O) groups is 2. The number of Topliss-reactive ketones (excluding diaryl/α,β-unsaturated/α-hetero) is 1. The molecule has 0 amide bonds. The van der Waals surface area contributed by atoms with Gasteiger partial charge in [0.05, 0.1) is 17.7 Å². The molecule has 0 aromatic heterocycles. The molecule has 3 nitrogen and oxygen atoms in total. The SMILES string of the molecule is CCOC(=O)/C(F)=C(\C(=O)c1ccccc1)c1ccc(C(F)(F)F)cc1. The first kappa shape index (κ1) is 19.4. The van der Waals surface area contributed by atoms with Gasteiger partial charge in [0.2, 0.25) is 5.83 Å². The monoisotopic (exact) mass is 366 g/mol. The van der Waals surface area contributed by atoms with Gasteiger partial charge in [-0.1, -0.05) is 42.5 Å². The first-order valence-corrected chi connectivity index (χ1v) is 7.60. The zero-order chi connectivity index (χ0) is 19.3. The molecule has 7 heteroatoms. The standard InChI is InChI=1S/C19H14F4O3/c1-2-26-18(25)16(20)15(17(24)13-6-4-3-5-7-13)12-8-10-14(11-9-12)19(21,22)23/h3-11H,2H2,1H3/b16-15+. The Bertz CT molecular complexity index is 822.